The number of carbonyl (C=O) groups excluding carboxylic acids is 2. The van der Waals surface area contributed by atoms with E-state index < -0.39 is 12.1 Å². The van der Waals surface area contributed by atoms with Gasteiger partial charge in [-0.05, 0) is 69.5 Å². The third kappa shape index (κ3) is 6.37. The molecule has 0 unspecified atom stereocenters. The average Bonchev–Trinajstić information content (AvgIpc) is 2.69. The monoisotopic (exact) mass is 411 g/mol. The Kier molecular flexibility index (Phi) is 8.04. The van der Waals surface area contributed by atoms with Crippen molar-refractivity contribution in [2.24, 2.45) is 0 Å². The van der Waals surface area contributed by atoms with Gasteiger partial charge in [0.05, 0.1) is 13.2 Å². The van der Waals surface area contributed by atoms with Gasteiger partial charge in [-0.2, -0.15) is 0 Å². The fourth-order valence-electron chi connectivity index (χ4n) is 2.81. The SMILES string of the molecule is COc1cc(/C=C/C(=O)O[C@H](C)C(=O)Nc2c(C)cccc2C)ccc1OC(C)C. The largest absolute Gasteiger partial charge is 0.493 e. The molecule has 0 aliphatic rings. The molecular weight excluding hydrogens is 382 g/mol. The van der Waals surface area contributed by atoms with Crippen LogP contribution in [-0.4, -0.2) is 31.2 Å². The van der Waals surface area contributed by atoms with Crippen LogP contribution in [0.1, 0.15) is 37.5 Å². The van der Waals surface area contributed by atoms with Crippen LogP contribution in [0.2, 0.25) is 0 Å². The number of nitrogens with one attached hydrogen (secondary N) is 1. The van der Waals surface area contributed by atoms with Crippen LogP contribution < -0.4 is 14.8 Å². The number of amides is 1. The molecule has 0 aromatic heterocycles. The summed E-state index contributed by atoms with van der Waals surface area (Å²) in [6, 6.07) is 11.1. The first kappa shape index (κ1) is 23.0. The molecule has 1 amide bonds. The Bertz CT molecular complexity index is 913. The van der Waals surface area contributed by atoms with Crippen molar-refractivity contribution in [1.29, 1.82) is 0 Å². The van der Waals surface area contributed by atoms with Crippen LogP contribution in [-0.2, 0) is 14.3 Å². The van der Waals surface area contributed by atoms with E-state index in [2.05, 4.69) is 5.32 Å². The molecule has 160 valence electrons. The lowest BCUT2D eigenvalue weighted by atomic mass is 10.1. The highest BCUT2D eigenvalue weighted by Crippen LogP contribution is 2.29. The summed E-state index contributed by atoms with van der Waals surface area (Å²) in [5.74, 6) is 0.205. The molecule has 1 atom stereocenters. The van der Waals surface area contributed by atoms with E-state index in [0.717, 1.165) is 22.4 Å². The molecule has 1 N–H and O–H groups in total. The Balaban J connectivity index is 1.99. The lowest BCUT2D eigenvalue weighted by molar-refractivity contribution is -0.148. The summed E-state index contributed by atoms with van der Waals surface area (Å²) >= 11 is 0. The number of aryl methyl sites for hydroxylation is 2. The van der Waals surface area contributed by atoms with Gasteiger partial charge in [0.1, 0.15) is 0 Å². The number of hydrogen-bond acceptors (Lipinski definition) is 5. The van der Waals surface area contributed by atoms with Crippen molar-refractivity contribution >= 4 is 23.6 Å². The molecule has 0 fully saturated rings. The zero-order chi connectivity index (χ0) is 22.3. The quantitative estimate of drug-likeness (QED) is 0.504. The van der Waals surface area contributed by atoms with Crippen molar-refractivity contribution in [3.8, 4) is 11.5 Å². The second-order valence-electron chi connectivity index (χ2n) is 7.25. The molecule has 0 heterocycles. The van der Waals surface area contributed by atoms with E-state index in [9.17, 15) is 9.59 Å². The first-order valence-electron chi connectivity index (χ1n) is 9.81. The Labute approximate surface area is 177 Å². The second-order valence-corrected chi connectivity index (χ2v) is 7.25. The molecule has 6 nitrogen and oxygen atoms in total. The highest BCUT2D eigenvalue weighted by Gasteiger charge is 2.18. The van der Waals surface area contributed by atoms with Gasteiger partial charge in [0, 0.05) is 11.8 Å². The predicted molar refractivity (Wildman–Crippen MR) is 118 cm³/mol. The fourth-order valence-corrected chi connectivity index (χ4v) is 2.81. The van der Waals surface area contributed by atoms with Crippen LogP contribution in [0.3, 0.4) is 0 Å². The van der Waals surface area contributed by atoms with Gasteiger partial charge in [-0.3, -0.25) is 4.79 Å². The minimum atomic E-state index is -0.933. The number of para-hydroxylation sites is 1. The lowest BCUT2D eigenvalue weighted by Crippen LogP contribution is -2.30. The predicted octanol–water partition coefficient (Wildman–Crippen LogP) is 4.68. The Morgan fingerprint density at radius 1 is 1.00 bits per heavy atom. The molecular formula is C24H29NO5. The molecule has 0 aliphatic carbocycles. The van der Waals surface area contributed by atoms with Gasteiger partial charge in [0.2, 0.25) is 0 Å². The summed E-state index contributed by atoms with van der Waals surface area (Å²) in [6.45, 7) is 9.22. The summed E-state index contributed by atoms with van der Waals surface area (Å²) in [5.41, 5.74) is 3.37. The summed E-state index contributed by atoms with van der Waals surface area (Å²) in [4.78, 5) is 24.5. The first-order valence-corrected chi connectivity index (χ1v) is 9.81. The molecule has 0 saturated heterocycles. The maximum Gasteiger partial charge on any atom is 0.331 e. The Morgan fingerprint density at radius 3 is 2.27 bits per heavy atom. The molecule has 2 rings (SSSR count). The van der Waals surface area contributed by atoms with Gasteiger partial charge in [0.25, 0.3) is 5.91 Å². The number of anilines is 1. The van der Waals surface area contributed by atoms with Gasteiger partial charge in [-0.1, -0.05) is 24.3 Å². The average molecular weight is 411 g/mol. The molecule has 6 heteroatoms. The molecule has 0 aliphatic heterocycles. The van der Waals surface area contributed by atoms with E-state index >= 15 is 0 Å². The zero-order valence-corrected chi connectivity index (χ0v) is 18.3. The molecule has 0 bridgehead atoms. The van der Waals surface area contributed by atoms with Crippen molar-refractivity contribution in [3.63, 3.8) is 0 Å². The fraction of sp³-hybridized carbons (Fsp3) is 0.333. The molecule has 0 saturated carbocycles. The van der Waals surface area contributed by atoms with Gasteiger partial charge in [0.15, 0.2) is 17.6 Å². The van der Waals surface area contributed by atoms with Crippen LogP contribution >= 0.6 is 0 Å². The highest BCUT2D eigenvalue weighted by molar-refractivity contribution is 5.97. The van der Waals surface area contributed by atoms with Crippen molar-refractivity contribution in [1.82, 2.24) is 0 Å². The highest BCUT2D eigenvalue weighted by atomic mass is 16.5. The van der Waals surface area contributed by atoms with Crippen LogP contribution in [0.25, 0.3) is 6.08 Å². The van der Waals surface area contributed by atoms with Gasteiger partial charge in [-0.15, -0.1) is 0 Å². The number of carbonyl (C=O) groups is 2. The van der Waals surface area contributed by atoms with Gasteiger partial charge < -0.3 is 19.5 Å². The maximum absolute atomic E-state index is 12.4. The van der Waals surface area contributed by atoms with E-state index in [0.29, 0.717) is 11.5 Å². The van der Waals surface area contributed by atoms with Crippen LogP contribution in [0.5, 0.6) is 11.5 Å². The topological polar surface area (TPSA) is 73.9 Å². The summed E-state index contributed by atoms with van der Waals surface area (Å²) in [7, 11) is 1.56. The van der Waals surface area contributed by atoms with E-state index in [-0.39, 0.29) is 12.0 Å². The third-order valence-electron chi connectivity index (χ3n) is 4.35. The first-order chi connectivity index (χ1) is 14.2. The standard InChI is InChI=1S/C24H29NO5/c1-15(2)29-20-12-10-19(14-21(20)28-6)11-13-22(26)30-18(5)24(27)25-23-16(3)8-7-9-17(23)4/h7-15,18H,1-6H3,(H,25,27)/b13-11+/t18-/m1/s1. The van der Waals surface area contributed by atoms with E-state index in [4.69, 9.17) is 14.2 Å². The Hall–Kier alpha value is -3.28. The summed E-state index contributed by atoms with van der Waals surface area (Å²) in [5, 5.41) is 2.82. The third-order valence-corrected chi connectivity index (χ3v) is 4.35. The summed E-state index contributed by atoms with van der Waals surface area (Å²) < 4.78 is 16.2. The zero-order valence-electron chi connectivity index (χ0n) is 18.3. The van der Waals surface area contributed by atoms with Gasteiger partial charge >= 0.3 is 5.97 Å². The minimum Gasteiger partial charge on any atom is -0.493 e. The van der Waals surface area contributed by atoms with Crippen LogP contribution in [0.4, 0.5) is 5.69 Å². The summed E-state index contributed by atoms with van der Waals surface area (Å²) in [6.07, 6.45) is 1.96. The number of hydrogen-bond donors (Lipinski definition) is 1. The molecule has 30 heavy (non-hydrogen) atoms. The van der Waals surface area contributed by atoms with Crippen LogP contribution in [0, 0.1) is 13.8 Å². The van der Waals surface area contributed by atoms with Crippen molar-refractivity contribution in [2.75, 3.05) is 12.4 Å². The molecule has 2 aromatic rings. The second kappa shape index (κ2) is 10.5. The number of methoxy groups -OCH3 is 1. The normalized spacial score (nSPS) is 12.0. The van der Waals surface area contributed by atoms with Crippen molar-refractivity contribution in [2.45, 2.75) is 46.8 Å². The maximum atomic E-state index is 12.4. The van der Waals surface area contributed by atoms with E-state index in [1.807, 2.05) is 45.9 Å². The number of ether oxygens (including phenoxy) is 3. The van der Waals surface area contributed by atoms with E-state index in [1.54, 1.807) is 31.4 Å². The Morgan fingerprint density at radius 2 is 1.67 bits per heavy atom. The molecule has 0 radical (unpaired) electrons. The minimum absolute atomic E-state index is 0.0198. The van der Waals surface area contributed by atoms with Crippen molar-refractivity contribution < 1.29 is 23.8 Å². The number of benzene rings is 2. The van der Waals surface area contributed by atoms with Crippen LogP contribution in [0.15, 0.2) is 42.5 Å². The number of rotatable bonds is 8. The van der Waals surface area contributed by atoms with E-state index in [1.165, 1.54) is 13.0 Å². The van der Waals surface area contributed by atoms with Crippen molar-refractivity contribution in [3.05, 3.63) is 59.2 Å². The smallest absolute Gasteiger partial charge is 0.331 e. The lowest BCUT2D eigenvalue weighted by Gasteiger charge is -2.15. The molecule has 2 aromatic carbocycles. The van der Waals surface area contributed by atoms with Gasteiger partial charge in [-0.25, -0.2) is 4.79 Å². The number of esters is 1. The molecule has 0 spiro atoms.